The molecule has 0 saturated carbocycles. The van der Waals surface area contributed by atoms with Gasteiger partial charge in [0.1, 0.15) is 17.2 Å². The Morgan fingerprint density at radius 3 is 2.36 bits per heavy atom. The van der Waals surface area contributed by atoms with Crippen LogP contribution >= 0.6 is 0 Å². The van der Waals surface area contributed by atoms with Crippen molar-refractivity contribution in [3.63, 3.8) is 0 Å². The van der Waals surface area contributed by atoms with Crippen LogP contribution in [0.3, 0.4) is 0 Å². The van der Waals surface area contributed by atoms with E-state index in [2.05, 4.69) is 5.32 Å². The van der Waals surface area contributed by atoms with Crippen molar-refractivity contribution in [3.8, 4) is 23.0 Å². The van der Waals surface area contributed by atoms with Gasteiger partial charge in [-0.3, -0.25) is 4.79 Å². The monoisotopic (exact) mass is 377 g/mol. The van der Waals surface area contributed by atoms with Crippen molar-refractivity contribution in [3.05, 3.63) is 77.9 Å². The molecule has 0 aliphatic heterocycles. The number of methoxy groups -OCH3 is 1. The Labute approximate surface area is 164 Å². The quantitative estimate of drug-likeness (QED) is 0.595. The summed E-state index contributed by atoms with van der Waals surface area (Å²) in [6.45, 7) is 4.48. The predicted octanol–water partition coefficient (Wildman–Crippen LogP) is 5.45. The van der Waals surface area contributed by atoms with Gasteiger partial charge in [0.2, 0.25) is 0 Å². The third-order valence-electron chi connectivity index (χ3n) is 4.17. The SMILES string of the molecule is CCOc1ccc(Oc2ccccc2NC(=O)c2ccc(C)c(OC)c2)cc1. The Kier molecular flexibility index (Phi) is 6.17. The molecular weight excluding hydrogens is 354 g/mol. The molecule has 0 bridgehead atoms. The molecule has 144 valence electrons. The van der Waals surface area contributed by atoms with Crippen molar-refractivity contribution < 1.29 is 19.0 Å². The molecule has 5 heteroatoms. The lowest BCUT2D eigenvalue weighted by Crippen LogP contribution is -2.12. The summed E-state index contributed by atoms with van der Waals surface area (Å²) in [4.78, 5) is 12.7. The third kappa shape index (κ3) is 4.62. The fraction of sp³-hybridized carbons (Fsp3) is 0.174. The maximum absolute atomic E-state index is 12.7. The van der Waals surface area contributed by atoms with Crippen LogP contribution in [-0.2, 0) is 0 Å². The van der Waals surface area contributed by atoms with E-state index < -0.39 is 0 Å². The molecule has 0 fully saturated rings. The first-order valence-corrected chi connectivity index (χ1v) is 9.06. The van der Waals surface area contributed by atoms with Gasteiger partial charge < -0.3 is 19.5 Å². The summed E-state index contributed by atoms with van der Waals surface area (Å²) < 4.78 is 16.7. The molecule has 0 aliphatic carbocycles. The molecule has 0 spiro atoms. The largest absolute Gasteiger partial charge is 0.496 e. The molecular formula is C23H23NO4. The number of nitrogens with one attached hydrogen (secondary N) is 1. The first-order valence-electron chi connectivity index (χ1n) is 9.06. The van der Waals surface area contributed by atoms with Crippen molar-refractivity contribution in [2.45, 2.75) is 13.8 Å². The average Bonchev–Trinajstić information content (AvgIpc) is 2.71. The fourth-order valence-electron chi connectivity index (χ4n) is 2.71. The van der Waals surface area contributed by atoms with E-state index >= 15 is 0 Å². The standard InChI is InChI=1S/C23H23NO4/c1-4-27-18-11-13-19(14-12-18)28-21-8-6-5-7-20(21)24-23(25)17-10-9-16(2)22(15-17)26-3/h5-15H,4H2,1-3H3,(H,24,25). The van der Waals surface area contributed by atoms with E-state index in [0.29, 0.717) is 35.1 Å². The van der Waals surface area contributed by atoms with Gasteiger partial charge in [-0.05, 0) is 67.9 Å². The molecule has 28 heavy (non-hydrogen) atoms. The van der Waals surface area contributed by atoms with Crippen LogP contribution in [0.5, 0.6) is 23.0 Å². The van der Waals surface area contributed by atoms with Crippen LogP contribution in [0.4, 0.5) is 5.69 Å². The lowest BCUT2D eigenvalue weighted by Gasteiger charge is -2.13. The maximum Gasteiger partial charge on any atom is 0.255 e. The number of ether oxygens (including phenoxy) is 3. The summed E-state index contributed by atoms with van der Waals surface area (Å²) in [6.07, 6.45) is 0. The summed E-state index contributed by atoms with van der Waals surface area (Å²) in [7, 11) is 1.59. The van der Waals surface area contributed by atoms with Gasteiger partial charge in [-0.15, -0.1) is 0 Å². The number of hydrogen-bond donors (Lipinski definition) is 1. The molecule has 0 atom stereocenters. The molecule has 5 nitrogen and oxygen atoms in total. The van der Waals surface area contributed by atoms with Gasteiger partial charge in [0.25, 0.3) is 5.91 Å². The van der Waals surface area contributed by atoms with Gasteiger partial charge >= 0.3 is 0 Å². The topological polar surface area (TPSA) is 56.8 Å². The second kappa shape index (κ2) is 8.95. The molecule has 3 rings (SSSR count). The Morgan fingerprint density at radius 2 is 1.64 bits per heavy atom. The summed E-state index contributed by atoms with van der Waals surface area (Å²) in [5, 5.41) is 2.91. The van der Waals surface area contributed by atoms with Gasteiger partial charge in [-0.2, -0.15) is 0 Å². The normalized spacial score (nSPS) is 10.2. The number of carbonyl (C=O) groups excluding carboxylic acids is 1. The maximum atomic E-state index is 12.7. The van der Waals surface area contributed by atoms with E-state index in [9.17, 15) is 4.79 Å². The van der Waals surface area contributed by atoms with E-state index in [1.807, 2.05) is 62.4 Å². The van der Waals surface area contributed by atoms with Crippen LogP contribution in [0.25, 0.3) is 0 Å². The highest BCUT2D eigenvalue weighted by Crippen LogP contribution is 2.31. The van der Waals surface area contributed by atoms with Crippen molar-refractivity contribution in [1.82, 2.24) is 0 Å². The van der Waals surface area contributed by atoms with Crippen molar-refractivity contribution in [2.24, 2.45) is 0 Å². The number of benzene rings is 3. The highest BCUT2D eigenvalue weighted by atomic mass is 16.5. The summed E-state index contributed by atoms with van der Waals surface area (Å²) in [5.41, 5.74) is 2.07. The van der Waals surface area contributed by atoms with Crippen molar-refractivity contribution in [2.75, 3.05) is 19.0 Å². The van der Waals surface area contributed by atoms with Crippen LogP contribution in [0, 0.1) is 6.92 Å². The molecule has 0 unspecified atom stereocenters. The number of anilines is 1. The zero-order chi connectivity index (χ0) is 19.9. The van der Waals surface area contributed by atoms with Gasteiger partial charge in [0.15, 0.2) is 5.75 Å². The molecule has 1 amide bonds. The molecule has 3 aromatic carbocycles. The van der Waals surface area contributed by atoms with E-state index in [1.165, 1.54) is 0 Å². The first-order chi connectivity index (χ1) is 13.6. The van der Waals surface area contributed by atoms with E-state index in [1.54, 1.807) is 25.3 Å². The van der Waals surface area contributed by atoms with E-state index in [0.717, 1.165) is 11.3 Å². The lowest BCUT2D eigenvalue weighted by atomic mass is 10.1. The second-order valence-corrected chi connectivity index (χ2v) is 6.14. The highest BCUT2D eigenvalue weighted by molar-refractivity contribution is 6.05. The third-order valence-corrected chi connectivity index (χ3v) is 4.17. The molecule has 0 aliphatic rings. The number of carbonyl (C=O) groups is 1. The van der Waals surface area contributed by atoms with Crippen LogP contribution in [0.15, 0.2) is 66.7 Å². The van der Waals surface area contributed by atoms with Crippen LogP contribution in [-0.4, -0.2) is 19.6 Å². The van der Waals surface area contributed by atoms with Gasteiger partial charge in [0, 0.05) is 5.56 Å². The molecule has 1 N–H and O–H groups in total. The average molecular weight is 377 g/mol. The number of para-hydroxylation sites is 2. The highest BCUT2D eigenvalue weighted by Gasteiger charge is 2.12. The van der Waals surface area contributed by atoms with Gasteiger partial charge in [-0.1, -0.05) is 18.2 Å². The zero-order valence-corrected chi connectivity index (χ0v) is 16.2. The molecule has 0 heterocycles. The number of hydrogen-bond acceptors (Lipinski definition) is 4. The first kappa shape index (κ1) is 19.3. The Balaban J connectivity index is 1.77. The Morgan fingerprint density at radius 1 is 0.929 bits per heavy atom. The minimum atomic E-state index is -0.235. The fourth-order valence-corrected chi connectivity index (χ4v) is 2.71. The van der Waals surface area contributed by atoms with E-state index in [4.69, 9.17) is 14.2 Å². The lowest BCUT2D eigenvalue weighted by molar-refractivity contribution is 0.102. The summed E-state index contributed by atoms with van der Waals surface area (Å²) in [6, 6.07) is 20.0. The number of amides is 1. The Hall–Kier alpha value is -3.47. The van der Waals surface area contributed by atoms with Crippen molar-refractivity contribution in [1.29, 1.82) is 0 Å². The van der Waals surface area contributed by atoms with Crippen molar-refractivity contribution >= 4 is 11.6 Å². The van der Waals surface area contributed by atoms with Gasteiger partial charge in [-0.25, -0.2) is 0 Å². The minimum Gasteiger partial charge on any atom is -0.496 e. The molecule has 3 aromatic rings. The van der Waals surface area contributed by atoms with Crippen LogP contribution < -0.4 is 19.5 Å². The number of aryl methyl sites for hydroxylation is 1. The summed E-state index contributed by atoms with van der Waals surface area (Å²) in [5.74, 6) is 2.43. The molecule has 0 radical (unpaired) electrons. The Bertz CT molecular complexity index is 951. The van der Waals surface area contributed by atoms with Gasteiger partial charge in [0.05, 0.1) is 19.4 Å². The van der Waals surface area contributed by atoms with Crippen LogP contribution in [0.2, 0.25) is 0 Å². The molecule has 0 aromatic heterocycles. The number of rotatable bonds is 7. The summed E-state index contributed by atoms with van der Waals surface area (Å²) >= 11 is 0. The van der Waals surface area contributed by atoms with Crippen LogP contribution in [0.1, 0.15) is 22.8 Å². The predicted molar refractivity (Wildman–Crippen MR) is 110 cm³/mol. The minimum absolute atomic E-state index is 0.235. The smallest absolute Gasteiger partial charge is 0.255 e. The zero-order valence-electron chi connectivity index (χ0n) is 16.2. The molecule has 0 saturated heterocycles. The second-order valence-electron chi connectivity index (χ2n) is 6.14. The van der Waals surface area contributed by atoms with E-state index in [-0.39, 0.29) is 5.91 Å².